The van der Waals surface area contributed by atoms with Crippen LogP contribution in [-0.4, -0.2) is 19.8 Å². The molecule has 2 aromatic rings. The van der Waals surface area contributed by atoms with Crippen LogP contribution in [0.25, 0.3) is 0 Å². The van der Waals surface area contributed by atoms with Gasteiger partial charge in [-0.2, -0.15) is 0 Å². The number of ether oxygens (including phenoxy) is 2. The number of rotatable bonds is 11. The highest BCUT2D eigenvalue weighted by molar-refractivity contribution is 5.39. The van der Waals surface area contributed by atoms with E-state index >= 15 is 0 Å². The van der Waals surface area contributed by atoms with Crippen LogP contribution in [-0.2, 0) is 23.0 Å². The highest BCUT2D eigenvalue weighted by atomic mass is 16.5. The van der Waals surface area contributed by atoms with E-state index in [4.69, 9.17) is 9.47 Å². The minimum atomic E-state index is 0.158. The molecular weight excluding hydrogens is 356 g/mol. The molecule has 0 radical (unpaired) electrons. The lowest BCUT2D eigenvalue weighted by Gasteiger charge is -2.22. The summed E-state index contributed by atoms with van der Waals surface area (Å²) in [6, 6.07) is 17.5. The Labute approximate surface area is 178 Å². The average Bonchev–Trinajstić information content (AvgIpc) is 2.67. The Morgan fingerprint density at radius 2 is 1.66 bits per heavy atom. The van der Waals surface area contributed by atoms with Gasteiger partial charge in [0.25, 0.3) is 0 Å². The largest absolute Gasteiger partial charge is 0.496 e. The lowest BCUT2D eigenvalue weighted by atomic mass is 9.85. The van der Waals surface area contributed by atoms with Gasteiger partial charge in [0, 0.05) is 6.61 Å². The van der Waals surface area contributed by atoms with Crippen LogP contribution in [0.2, 0.25) is 0 Å². The summed E-state index contributed by atoms with van der Waals surface area (Å²) >= 11 is 0. The topological polar surface area (TPSA) is 18.5 Å². The van der Waals surface area contributed by atoms with Crippen molar-refractivity contribution >= 4 is 0 Å². The molecule has 1 unspecified atom stereocenters. The van der Waals surface area contributed by atoms with Crippen LogP contribution in [0, 0.1) is 5.92 Å². The van der Waals surface area contributed by atoms with Gasteiger partial charge in [-0.25, -0.2) is 0 Å². The maximum Gasteiger partial charge on any atom is 0.122 e. The highest BCUT2D eigenvalue weighted by Crippen LogP contribution is 2.29. The number of hydrogen-bond donors (Lipinski definition) is 0. The molecule has 0 aromatic heterocycles. The maximum absolute atomic E-state index is 5.84. The molecule has 0 heterocycles. The van der Waals surface area contributed by atoms with Gasteiger partial charge in [-0.1, -0.05) is 63.2 Å². The number of methoxy groups -OCH3 is 1. The van der Waals surface area contributed by atoms with Gasteiger partial charge in [0.05, 0.1) is 13.2 Å². The van der Waals surface area contributed by atoms with Crippen molar-refractivity contribution < 1.29 is 9.47 Å². The Balaban J connectivity index is 2.00. The predicted molar refractivity (Wildman–Crippen MR) is 124 cm³/mol. The zero-order chi connectivity index (χ0) is 21.3. The molecule has 0 amide bonds. The van der Waals surface area contributed by atoms with Gasteiger partial charge in [0.1, 0.15) is 5.75 Å². The molecule has 2 aromatic carbocycles. The van der Waals surface area contributed by atoms with E-state index in [2.05, 4.69) is 83.1 Å². The first-order valence-corrected chi connectivity index (χ1v) is 11.1. The van der Waals surface area contributed by atoms with E-state index in [9.17, 15) is 0 Å². The van der Waals surface area contributed by atoms with Gasteiger partial charge in [-0.05, 0) is 80.0 Å². The fourth-order valence-electron chi connectivity index (χ4n) is 3.79. The van der Waals surface area contributed by atoms with Crippen LogP contribution in [0.5, 0.6) is 5.75 Å². The molecule has 2 heteroatoms. The second-order valence-corrected chi connectivity index (χ2v) is 9.43. The minimum absolute atomic E-state index is 0.158. The summed E-state index contributed by atoms with van der Waals surface area (Å²) in [7, 11) is 1.77. The second kappa shape index (κ2) is 11.4. The van der Waals surface area contributed by atoms with Crippen LogP contribution >= 0.6 is 0 Å². The van der Waals surface area contributed by atoms with Gasteiger partial charge in [0.15, 0.2) is 0 Å². The molecule has 160 valence electrons. The molecule has 0 fully saturated rings. The fourth-order valence-corrected chi connectivity index (χ4v) is 3.79. The summed E-state index contributed by atoms with van der Waals surface area (Å²) < 4.78 is 11.5. The van der Waals surface area contributed by atoms with Crippen LogP contribution in [0.3, 0.4) is 0 Å². The van der Waals surface area contributed by atoms with Crippen LogP contribution in [0.15, 0.2) is 48.5 Å². The average molecular weight is 397 g/mol. The van der Waals surface area contributed by atoms with E-state index in [-0.39, 0.29) is 5.41 Å². The molecule has 0 spiro atoms. The summed E-state index contributed by atoms with van der Waals surface area (Å²) in [6.45, 7) is 11.9. The van der Waals surface area contributed by atoms with Crippen molar-refractivity contribution in [3.05, 3.63) is 65.2 Å². The van der Waals surface area contributed by atoms with Crippen molar-refractivity contribution in [2.75, 3.05) is 13.7 Å². The van der Waals surface area contributed by atoms with Gasteiger partial charge < -0.3 is 9.47 Å². The number of hydrogen-bond acceptors (Lipinski definition) is 2. The van der Waals surface area contributed by atoms with Gasteiger partial charge in [-0.3, -0.25) is 0 Å². The zero-order valence-electron chi connectivity index (χ0n) is 19.3. The molecule has 0 N–H and O–H groups in total. The van der Waals surface area contributed by atoms with Crippen molar-refractivity contribution in [2.45, 2.75) is 78.2 Å². The van der Waals surface area contributed by atoms with Gasteiger partial charge >= 0.3 is 0 Å². The third kappa shape index (κ3) is 8.22. The second-order valence-electron chi connectivity index (χ2n) is 9.43. The van der Waals surface area contributed by atoms with E-state index in [1.165, 1.54) is 29.5 Å². The molecular formula is C27H40O2. The first kappa shape index (κ1) is 23.5. The summed E-state index contributed by atoms with van der Waals surface area (Å²) in [5, 5.41) is 0. The Bertz CT molecular complexity index is 713. The van der Waals surface area contributed by atoms with Crippen molar-refractivity contribution in [2.24, 2.45) is 5.92 Å². The van der Waals surface area contributed by atoms with Gasteiger partial charge in [0.2, 0.25) is 0 Å². The zero-order valence-corrected chi connectivity index (χ0v) is 19.3. The maximum atomic E-state index is 5.84. The van der Waals surface area contributed by atoms with Gasteiger partial charge in [-0.15, -0.1) is 0 Å². The van der Waals surface area contributed by atoms with E-state index in [1.807, 2.05) is 0 Å². The summed E-state index contributed by atoms with van der Waals surface area (Å²) in [5.41, 5.74) is 4.29. The Morgan fingerprint density at radius 3 is 2.28 bits per heavy atom. The van der Waals surface area contributed by atoms with Crippen molar-refractivity contribution in [3.63, 3.8) is 0 Å². The number of aryl methyl sites for hydroxylation is 1. The van der Waals surface area contributed by atoms with E-state index in [0.29, 0.717) is 12.0 Å². The molecule has 0 saturated heterocycles. The van der Waals surface area contributed by atoms with Crippen LogP contribution in [0.1, 0.15) is 70.6 Å². The van der Waals surface area contributed by atoms with Crippen LogP contribution in [0.4, 0.5) is 0 Å². The standard InChI is InChI=1S/C27H40O2/c1-21(2)29-18-17-23(19-22-11-8-7-9-12-22)13-10-14-24-20-25(27(3,4)5)15-16-26(24)28-6/h7-9,11-12,15-16,20-21,23H,10,13-14,17-19H2,1-6H3. The molecule has 2 nitrogen and oxygen atoms in total. The molecule has 29 heavy (non-hydrogen) atoms. The molecule has 0 bridgehead atoms. The Hall–Kier alpha value is -1.80. The third-order valence-electron chi connectivity index (χ3n) is 5.55. The fraction of sp³-hybridized carbons (Fsp3) is 0.556. The number of benzene rings is 2. The van der Waals surface area contributed by atoms with E-state index in [0.717, 1.165) is 31.6 Å². The molecule has 0 aliphatic carbocycles. The normalized spacial score (nSPS) is 12.9. The summed E-state index contributed by atoms with van der Waals surface area (Å²) in [6.07, 6.45) is 5.98. The monoisotopic (exact) mass is 396 g/mol. The molecule has 0 aliphatic heterocycles. The van der Waals surface area contributed by atoms with E-state index in [1.54, 1.807) is 7.11 Å². The molecule has 2 rings (SSSR count). The lowest BCUT2D eigenvalue weighted by molar-refractivity contribution is 0.0674. The first-order chi connectivity index (χ1) is 13.8. The predicted octanol–water partition coefficient (Wildman–Crippen LogP) is 6.99. The molecule has 1 atom stereocenters. The van der Waals surface area contributed by atoms with Crippen LogP contribution < -0.4 is 4.74 Å². The Kier molecular flexibility index (Phi) is 9.23. The molecule has 0 aliphatic rings. The van der Waals surface area contributed by atoms with Crippen molar-refractivity contribution in [3.8, 4) is 5.75 Å². The third-order valence-corrected chi connectivity index (χ3v) is 5.55. The van der Waals surface area contributed by atoms with Crippen molar-refractivity contribution in [1.29, 1.82) is 0 Å². The first-order valence-electron chi connectivity index (χ1n) is 11.1. The SMILES string of the molecule is COc1ccc(C(C)(C)C)cc1CCCC(CCOC(C)C)Cc1ccccc1. The smallest absolute Gasteiger partial charge is 0.122 e. The van der Waals surface area contributed by atoms with E-state index < -0.39 is 0 Å². The summed E-state index contributed by atoms with van der Waals surface area (Å²) in [5.74, 6) is 1.66. The quantitative estimate of drug-likeness (QED) is 0.407. The lowest BCUT2D eigenvalue weighted by Crippen LogP contribution is -2.13. The summed E-state index contributed by atoms with van der Waals surface area (Å²) in [4.78, 5) is 0. The van der Waals surface area contributed by atoms with Crippen molar-refractivity contribution in [1.82, 2.24) is 0 Å². The minimum Gasteiger partial charge on any atom is -0.496 e. The highest BCUT2D eigenvalue weighted by Gasteiger charge is 2.16. The Morgan fingerprint density at radius 1 is 0.931 bits per heavy atom. The molecule has 0 saturated carbocycles.